The molecule has 0 aliphatic carbocycles. The highest BCUT2D eigenvalue weighted by Gasteiger charge is 2.29. The molecule has 3 rings (SSSR count). The van der Waals surface area contributed by atoms with E-state index < -0.39 is 0 Å². The summed E-state index contributed by atoms with van der Waals surface area (Å²) in [5, 5.41) is 16.1. The maximum atomic E-state index is 12.0. The molecule has 2 aromatic heterocycles. The van der Waals surface area contributed by atoms with Gasteiger partial charge < -0.3 is 20.7 Å². The van der Waals surface area contributed by atoms with Crippen molar-refractivity contribution in [1.82, 2.24) is 14.5 Å². The topological polar surface area (TPSA) is 123 Å². The summed E-state index contributed by atoms with van der Waals surface area (Å²) < 4.78 is 7.78. The van der Waals surface area contributed by atoms with Crippen LogP contribution in [0.1, 0.15) is 19.1 Å². The SMILES string of the molecule is CO.Nc1ncc2sc(=O)n(C3CCC(CO)O3)c2n1. The fraction of sp³-hybridized carbons (Fsp3) is 0.545. The molecular formula is C11H16N4O4S. The molecule has 0 spiro atoms. The van der Waals surface area contributed by atoms with E-state index in [9.17, 15) is 4.79 Å². The second kappa shape index (κ2) is 6.27. The zero-order chi connectivity index (χ0) is 14.7. The molecule has 0 amide bonds. The molecule has 9 heteroatoms. The lowest BCUT2D eigenvalue weighted by Crippen LogP contribution is -2.21. The van der Waals surface area contributed by atoms with Crippen molar-refractivity contribution in [2.24, 2.45) is 0 Å². The number of hydrogen-bond acceptors (Lipinski definition) is 8. The summed E-state index contributed by atoms with van der Waals surface area (Å²) in [6.07, 6.45) is 2.36. The normalized spacial score (nSPS) is 21.8. The lowest BCUT2D eigenvalue weighted by Gasteiger charge is -2.13. The van der Waals surface area contributed by atoms with E-state index >= 15 is 0 Å². The number of aromatic nitrogens is 3. The van der Waals surface area contributed by atoms with E-state index in [-0.39, 0.29) is 29.8 Å². The molecule has 0 bridgehead atoms. The highest BCUT2D eigenvalue weighted by molar-refractivity contribution is 7.16. The van der Waals surface area contributed by atoms with Crippen molar-refractivity contribution >= 4 is 27.6 Å². The van der Waals surface area contributed by atoms with Crippen molar-refractivity contribution in [3.63, 3.8) is 0 Å². The summed E-state index contributed by atoms with van der Waals surface area (Å²) in [4.78, 5) is 19.8. The second-order valence-electron chi connectivity index (χ2n) is 4.13. The third kappa shape index (κ3) is 2.66. The second-order valence-corrected chi connectivity index (χ2v) is 5.12. The number of nitrogens with zero attached hydrogens (tertiary/aromatic N) is 3. The van der Waals surface area contributed by atoms with Crippen LogP contribution >= 0.6 is 11.3 Å². The summed E-state index contributed by atoms with van der Waals surface area (Å²) in [6, 6.07) is 0. The van der Waals surface area contributed by atoms with Crippen molar-refractivity contribution in [3.8, 4) is 0 Å². The number of nitrogen functional groups attached to an aromatic ring is 1. The molecule has 3 heterocycles. The van der Waals surface area contributed by atoms with Crippen molar-refractivity contribution in [2.75, 3.05) is 19.5 Å². The molecule has 2 aromatic rings. The lowest BCUT2D eigenvalue weighted by atomic mass is 10.2. The maximum Gasteiger partial charge on any atom is 0.311 e. The molecular weight excluding hydrogens is 284 g/mol. The van der Waals surface area contributed by atoms with Crippen LogP contribution < -0.4 is 10.6 Å². The Labute approximate surface area is 118 Å². The Hall–Kier alpha value is -1.55. The van der Waals surface area contributed by atoms with Gasteiger partial charge in [-0.3, -0.25) is 9.36 Å². The van der Waals surface area contributed by atoms with E-state index in [0.29, 0.717) is 16.8 Å². The number of hydrogen-bond donors (Lipinski definition) is 3. The van der Waals surface area contributed by atoms with Crippen molar-refractivity contribution < 1.29 is 14.9 Å². The predicted molar refractivity (Wildman–Crippen MR) is 74.5 cm³/mol. The number of rotatable bonds is 2. The largest absolute Gasteiger partial charge is 0.400 e. The fourth-order valence-corrected chi connectivity index (χ4v) is 2.95. The number of ether oxygens (including phenoxy) is 1. The van der Waals surface area contributed by atoms with Gasteiger partial charge in [0, 0.05) is 7.11 Å². The van der Waals surface area contributed by atoms with Gasteiger partial charge in [0.05, 0.1) is 23.6 Å². The van der Waals surface area contributed by atoms with Crippen LogP contribution in [0, 0.1) is 0 Å². The Balaban J connectivity index is 0.000000704. The van der Waals surface area contributed by atoms with Crippen LogP contribution in [0.15, 0.2) is 11.0 Å². The quantitative estimate of drug-likeness (QED) is 0.696. The maximum absolute atomic E-state index is 12.0. The van der Waals surface area contributed by atoms with Crippen LogP contribution in [0.25, 0.3) is 10.3 Å². The molecule has 2 unspecified atom stereocenters. The van der Waals surface area contributed by atoms with Gasteiger partial charge in [0.1, 0.15) is 6.23 Å². The van der Waals surface area contributed by atoms with Crippen LogP contribution in [0.5, 0.6) is 0 Å². The summed E-state index contributed by atoms with van der Waals surface area (Å²) >= 11 is 1.07. The molecule has 1 aliphatic heterocycles. The van der Waals surface area contributed by atoms with Gasteiger partial charge in [0.25, 0.3) is 0 Å². The summed E-state index contributed by atoms with van der Waals surface area (Å²) in [6.45, 7) is -0.0373. The first kappa shape index (κ1) is 14.9. The fourth-order valence-electron chi connectivity index (χ4n) is 2.11. The number of aliphatic hydroxyl groups excluding tert-OH is 2. The van der Waals surface area contributed by atoms with Gasteiger partial charge >= 0.3 is 4.87 Å². The molecule has 1 saturated heterocycles. The van der Waals surface area contributed by atoms with E-state index in [1.54, 1.807) is 6.20 Å². The van der Waals surface area contributed by atoms with Gasteiger partial charge in [-0.1, -0.05) is 11.3 Å². The number of nitrogens with two attached hydrogens (primary N) is 1. The van der Waals surface area contributed by atoms with Crippen LogP contribution in [0.3, 0.4) is 0 Å². The van der Waals surface area contributed by atoms with Gasteiger partial charge in [-0.2, -0.15) is 4.98 Å². The van der Waals surface area contributed by atoms with Gasteiger partial charge in [-0.15, -0.1) is 0 Å². The van der Waals surface area contributed by atoms with E-state index in [1.165, 1.54) is 4.57 Å². The third-order valence-electron chi connectivity index (χ3n) is 2.95. The molecule has 8 nitrogen and oxygen atoms in total. The Kier molecular flexibility index (Phi) is 4.65. The number of aliphatic hydroxyl groups is 2. The molecule has 110 valence electrons. The summed E-state index contributed by atoms with van der Waals surface area (Å²) in [5.41, 5.74) is 6.04. The highest BCUT2D eigenvalue weighted by Crippen LogP contribution is 2.30. The molecule has 4 N–H and O–H groups in total. The lowest BCUT2D eigenvalue weighted by molar-refractivity contribution is -0.0214. The van der Waals surface area contributed by atoms with Gasteiger partial charge in [0.15, 0.2) is 5.65 Å². The first-order chi connectivity index (χ1) is 9.69. The first-order valence-electron chi connectivity index (χ1n) is 6.03. The van der Waals surface area contributed by atoms with Gasteiger partial charge in [0.2, 0.25) is 5.95 Å². The standard InChI is InChI=1S/C10H12N4O3S.CH4O/c11-9-12-3-6-8(13-9)14(10(16)18-6)7-2-1-5(4-15)17-7;1-2/h3,5,7,15H,1-2,4H2,(H2,11,12,13);2H,1H3. The van der Waals surface area contributed by atoms with Crippen molar-refractivity contribution in [3.05, 3.63) is 15.9 Å². The van der Waals surface area contributed by atoms with E-state index in [4.69, 9.17) is 20.7 Å². The van der Waals surface area contributed by atoms with Gasteiger partial charge in [-0.25, -0.2) is 4.98 Å². The molecule has 2 atom stereocenters. The molecule has 0 aromatic carbocycles. The number of thiazole rings is 1. The Morgan fingerprint density at radius 2 is 2.30 bits per heavy atom. The average Bonchev–Trinajstić information content (AvgIpc) is 3.04. The van der Waals surface area contributed by atoms with Crippen LogP contribution in [-0.2, 0) is 4.74 Å². The highest BCUT2D eigenvalue weighted by atomic mass is 32.1. The molecule has 0 saturated carbocycles. The zero-order valence-corrected chi connectivity index (χ0v) is 11.7. The smallest absolute Gasteiger partial charge is 0.311 e. The summed E-state index contributed by atoms with van der Waals surface area (Å²) in [7, 11) is 1.00. The minimum atomic E-state index is -0.377. The first-order valence-corrected chi connectivity index (χ1v) is 6.85. The monoisotopic (exact) mass is 300 g/mol. The Bertz CT molecular complexity index is 641. The van der Waals surface area contributed by atoms with E-state index in [0.717, 1.165) is 24.9 Å². The Morgan fingerprint density at radius 1 is 1.55 bits per heavy atom. The summed E-state index contributed by atoms with van der Waals surface area (Å²) in [5.74, 6) is 0.130. The van der Waals surface area contributed by atoms with E-state index in [2.05, 4.69) is 9.97 Å². The predicted octanol–water partition coefficient (Wildman–Crippen LogP) is -0.286. The molecule has 1 aliphatic rings. The van der Waals surface area contributed by atoms with Crippen molar-refractivity contribution in [2.45, 2.75) is 25.2 Å². The minimum Gasteiger partial charge on any atom is -0.400 e. The minimum absolute atomic E-state index is 0.0373. The molecule has 0 radical (unpaired) electrons. The van der Waals surface area contributed by atoms with Crippen LogP contribution in [-0.4, -0.2) is 44.6 Å². The van der Waals surface area contributed by atoms with E-state index in [1.807, 2.05) is 0 Å². The average molecular weight is 300 g/mol. The molecule has 20 heavy (non-hydrogen) atoms. The number of anilines is 1. The van der Waals surface area contributed by atoms with Crippen LogP contribution in [0.2, 0.25) is 0 Å². The van der Waals surface area contributed by atoms with Crippen molar-refractivity contribution in [1.29, 1.82) is 0 Å². The Morgan fingerprint density at radius 3 is 2.95 bits per heavy atom. The van der Waals surface area contributed by atoms with Crippen LogP contribution in [0.4, 0.5) is 5.95 Å². The third-order valence-corrected chi connectivity index (χ3v) is 3.83. The molecule has 1 fully saturated rings. The van der Waals surface area contributed by atoms with Gasteiger partial charge in [-0.05, 0) is 12.8 Å². The number of fused-ring (bicyclic) bond motifs is 1. The zero-order valence-electron chi connectivity index (χ0n) is 10.9.